The molecule has 104 valence electrons. The van der Waals surface area contributed by atoms with Crippen LogP contribution in [0, 0.1) is 5.82 Å². The fourth-order valence-electron chi connectivity index (χ4n) is 1.73. The minimum Gasteiger partial charge on any atom is -0.370 e. The van der Waals surface area contributed by atoms with Gasteiger partial charge in [0.15, 0.2) is 0 Å². The molecule has 0 amide bonds. The fraction of sp³-hybridized carbons (Fsp3) is 0.200. The van der Waals surface area contributed by atoms with Gasteiger partial charge in [-0.1, -0.05) is 24.3 Å². The molecule has 1 aromatic heterocycles. The summed E-state index contributed by atoms with van der Waals surface area (Å²) >= 11 is 0. The number of nitrogens with zero attached hydrogens (tertiary/aromatic N) is 2. The molecule has 0 fully saturated rings. The Morgan fingerprint density at radius 3 is 2.85 bits per heavy atom. The molecule has 0 unspecified atom stereocenters. The number of anilines is 2. The highest BCUT2D eigenvalue weighted by Gasteiger charge is 2.01. The number of halogens is 1. The van der Waals surface area contributed by atoms with Gasteiger partial charge in [-0.3, -0.25) is 0 Å². The van der Waals surface area contributed by atoms with Crippen molar-refractivity contribution in [2.24, 2.45) is 0 Å². The SMILES string of the molecule is C=CCNc1nccc(NCCc2ccccc2F)n1. The summed E-state index contributed by atoms with van der Waals surface area (Å²) in [6, 6.07) is 8.56. The number of nitrogens with one attached hydrogen (secondary N) is 2. The maximum Gasteiger partial charge on any atom is 0.224 e. The molecule has 0 radical (unpaired) electrons. The van der Waals surface area contributed by atoms with Crippen molar-refractivity contribution in [1.82, 2.24) is 9.97 Å². The Hall–Kier alpha value is -2.43. The lowest BCUT2D eigenvalue weighted by Gasteiger charge is -2.08. The van der Waals surface area contributed by atoms with E-state index in [0.717, 1.165) is 0 Å². The molecule has 20 heavy (non-hydrogen) atoms. The fourth-order valence-corrected chi connectivity index (χ4v) is 1.73. The van der Waals surface area contributed by atoms with Gasteiger partial charge in [0.1, 0.15) is 11.6 Å². The van der Waals surface area contributed by atoms with Crippen molar-refractivity contribution in [3.05, 3.63) is 60.6 Å². The minimum atomic E-state index is -0.176. The third-order valence-electron chi connectivity index (χ3n) is 2.72. The van der Waals surface area contributed by atoms with Gasteiger partial charge in [-0.2, -0.15) is 4.98 Å². The molecule has 0 aliphatic carbocycles. The maximum atomic E-state index is 13.4. The van der Waals surface area contributed by atoms with E-state index in [1.807, 2.05) is 6.07 Å². The van der Waals surface area contributed by atoms with Crippen molar-refractivity contribution in [1.29, 1.82) is 0 Å². The molecule has 0 saturated heterocycles. The largest absolute Gasteiger partial charge is 0.370 e. The van der Waals surface area contributed by atoms with Crippen molar-refractivity contribution in [3.63, 3.8) is 0 Å². The molecule has 5 heteroatoms. The van der Waals surface area contributed by atoms with Gasteiger partial charge >= 0.3 is 0 Å². The zero-order valence-electron chi connectivity index (χ0n) is 11.1. The van der Waals surface area contributed by atoms with Gasteiger partial charge in [-0.05, 0) is 24.1 Å². The van der Waals surface area contributed by atoms with Crippen LogP contribution in [0.2, 0.25) is 0 Å². The first kappa shape index (κ1) is 14.0. The van der Waals surface area contributed by atoms with Gasteiger partial charge < -0.3 is 10.6 Å². The smallest absolute Gasteiger partial charge is 0.224 e. The average Bonchev–Trinajstić information content (AvgIpc) is 2.48. The molecule has 0 saturated carbocycles. The summed E-state index contributed by atoms with van der Waals surface area (Å²) in [6.07, 6.45) is 4.01. The van der Waals surface area contributed by atoms with Crippen LogP contribution < -0.4 is 10.6 Å². The monoisotopic (exact) mass is 272 g/mol. The molecule has 4 nitrogen and oxygen atoms in total. The summed E-state index contributed by atoms with van der Waals surface area (Å²) in [7, 11) is 0. The van der Waals surface area contributed by atoms with E-state index in [9.17, 15) is 4.39 Å². The molecule has 0 aliphatic rings. The quantitative estimate of drug-likeness (QED) is 0.761. The van der Waals surface area contributed by atoms with Crippen LogP contribution >= 0.6 is 0 Å². The van der Waals surface area contributed by atoms with E-state index in [4.69, 9.17) is 0 Å². The molecule has 0 atom stereocenters. The molecule has 2 aromatic rings. The maximum absolute atomic E-state index is 13.4. The summed E-state index contributed by atoms with van der Waals surface area (Å²) in [4.78, 5) is 8.38. The van der Waals surface area contributed by atoms with E-state index in [1.165, 1.54) is 6.07 Å². The number of aromatic nitrogens is 2. The van der Waals surface area contributed by atoms with Crippen LogP contribution in [0.15, 0.2) is 49.2 Å². The molecule has 2 N–H and O–H groups in total. The van der Waals surface area contributed by atoms with Crippen molar-refractivity contribution in [2.75, 3.05) is 23.7 Å². The number of hydrogen-bond donors (Lipinski definition) is 2. The van der Waals surface area contributed by atoms with Gasteiger partial charge in [-0.15, -0.1) is 6.58 Å². The lowest BCUT2D eigenvalue weighted by atomic mass is 10.1. The Morgan fingerprint density at radius 2 is 2.05 bits per heavy atom. The second-order valence-electron chi connectivity index (χ2n) is 4.20. The molecule has 1 aromatic carbocycles. The molecule has 0 aliphatic heterocycles. The van der Waals surface area contributed by atoms with Crippen molar-refractivity contribution in [3.8, 4) is 0 Å². The lowest BCUT2D eigenvalue weighted by molar-refractivity contribution is 0.610. The number of hydrogen-bond acceptors (Lipinski definition) is 4. The summed E-state index contributed by atoms with van der Waals surface area (Å²) in [5.41, 5.74) is 0.694. The zero-order valence-corrected chi connectivity index (χ0v) is 11.1. The van der Waals surface area contributed by atoms with Crippen LogP contribution in [-0.4, -0.2) is 23.1 Å². The van der Waals surface area contributed by atoms with Gasteiger partial charge in [0.2, 0.25) is 5.95 Å². The minimum absolute atomic E-state index is 0.176. The number of rotatable bonds is 7. The van der Waals surface area contributed by atoms with E-state index in [0.29, 0.717) is 36.8 Å². The van der Waals surface area contributed by atoms with Crippen LogP contribution in [0.4, 0.5) is 16.2 Å². The van der Waals surface area contributed by atoms with Crippen LogP contribution in [-0.2, 0) is 6.42 Å². The van der Waals surface area contributed by atoms with Crippen LogP contribution in [0.5, 0.6) is 0 Å². The van der Waals surface area contributed by atoms with E-state index >= 15 is 0 Å². The van der Waals surface area contributed by atoms with Crippen molar-refractivity contribution < 1.29 is 4.39 Å². The van der Waals surface area contributed by atoms with Gasteiger partial charge in [-0.25, -0.2) is 9.37 Å². The molecular formula is C15H17FN4. The summed E-state index contributed by atoms with van der Waals surface area (Å²) < 4.78 is 13.4. The third kappa shape index (κ3) is 4.05. The first-order valence-electron chi connectivity index (χ1n) is 6.44. The van der Waals surface area contributed by atoms with Gasteiger partial charge in [0.25, 0.3) is 0 Å². The van der Waals surface area contributed by atoms with E-state index < -0.39 is 0 Å². The van der Waals surface area contributed by atoms with Gasteiger partial charge in [0, 0.05) is 19.3 Å². The first-order chi connectivity index (χ1) is 9.79. The Labute approximate surface area is 117 Å². The van der Waals surface area contributed by atoms with E-state index in [2.05, 4.69) is 27.2 Å². The lowest BCUT2D eigenvalue weighted by Crippen LogP contribution is -2.09. The third-order valence-corrected chi connectivity index (χ3v) is 2.72. The highest BCUT2D eigenvalue weighted by Crippen LogP contribution is 2.09. The zero-order chi connectivity index (χ0) is 14.2. The Morgan fingerprint density at radius 1 is 1.20 bits per heavy atom. The summed E-state index contributed by atoms with van der Waals surface area (Å²) in [5.74, 6) is 1.08. The van der Waals surface area contributed by atoms with Crippen LogP contribution in [0.25, 0.3) is 0 Å². The van der Waals surface area contributed by atoms with Crippen LogP contribution in [0.3, 0.4) is 0 Å². The molecule has 2 rings (SSSR count). The second kappa shape index (κ2) is 7.23. The predicted octanol–water partition coefficient (Wildman–Crippen LogP) is 2.87. The molecule has 1 heterocycles. The molecule has 0 bridgehead atoms. The van der Waals surface area contributed by atoms with Crippen molar-refractivity contribution in [2.45, 2.75) is 6.42 Å². The highest BCUT2D eigenvalue weighted by molar-refractivity contribution is 5.39. The van der Waals surface area contributed by atoms with Gasteiger partial charge in [0.05, 0.1) is 0 Å². The standard InChI is InChI=1S/C15H17FN4/c1-2-9-18-15-19-11-8-14(20-15)17-10-7-12-5-3-4-6-13(12)16/h2-6,8,11H,1,7,9-10H2,(H2,17,18,19,20). The predicted molar refractivity (Wildman–Crippen MR) is 79.3 cm³/mol. The highest BCUT2D eigenvalue weighted by atomic mass is 19.1. The second-order valence-corrected chi connectivity index (χ2v) is 4.20. The normalized spacial score (nSPS) is 10.1. The molecular weight excluding hydrogens is 255 g/mol. The van der Waals surface area contributed by atoms with Crippen LogP contribution in [0.1, 0.15) is 5.56 Å². The topological polar surface area (TPSA) is 49.8 Å². The summed E-state index contributed by atoms with van der Waals surface area (Å²) in [5, 5.41) is 6.17. The Kier molecular flexibility index (Phi) is 5.06. The van der Waals surface area contributed by atoms with Crippen molar-refractivity contribution >= 4 is 11.8 Å². The van der Waals surface area contributed by atoms with E-state index in [1.54, 1.807) is 30.5 Å². The average molecular weight is 272 g/mol. The summed E-state index contributed by atoms with van der Waals surface area (Å²) in [6.45, 7) is 4.84. The molecule has 0 spiro atoms. The number of benzene rings is 1. The first-order valence-corrected chi connectivity index (χ1v) is 6.44. The Balaban J connectivity index is 1.88. The van der Waals surface area contributed by atoms with E-state index in [-0.39, 0.29) is 5.82 Å². The Bertz CT molecular complexity index is 571.